The first-order chi connectivity index (χ1) is 9.19. The molecular weight excluding hydrogens is 281 g/mol. The third-order valence-electron chi connectivity index (χ3n) is 2.82. The summed E-state index contributed by atoms with van der Waals surface area (Å²) in [5, 5.41) is 4.60. The van der Waals surface area contributed by atoms with Crippen LogP contribution in [-0.2, 0) is 6.54 Å². The summed E-state index contributed by atoms with van der Waals surface area (Å²) in [4.78, 5) is 0. The number of hydrogen-bond donors (Lipinski definition) is 1. The van der Waals surface area contributed by atoms with Crippen molar-refractivity contribution in [2.24, 2.45) is 0 Å². The molecule has 0 fully saturated rings. The molecule has 1 rings (SSSR count). The third-order valence-corrected chi connectivity index (χ3v) is 3.32. The van der Waals surface area contributed by atoms with Gasteiger partial charge in [-0.15, -0.1) is 0 Å². The largest absolute Gasteiger partial charge is 0.492 e. The molecule has 1 N–H and O–H groups in total. The lowest BCUT2D eigenvalue weighted by Crippen LogP contribution is -2.15. The third kappa shape index (κ3) is 6.03. The summed E-state index contributed by atoms with van der Waals surface area (Å²) in [5.41, 5.74) is 1.03. The smallest absolute Gasteiger partial charge is 0.142 e. The van der Waals surface area contributed by atoms with Gasteiger partial charge in [0.25, 0.3) is 0 Å². The molecule has 0 amide bonds. The van der Waals surface area contributed by atoms with E-state index in [1.165, 1.54) is 12.8 Å². The van der Waals surface area contributed by atoms with E-state index in [0.717, 1.165) is 37.2 Å². The molecule has 0 radical (unpaired) electrons. The molecule has 0 aliphatic rings. The van der Waals surface area contributed by atoms with E-state index < -0.39 is 0 Å². The van der Waals surface area contributed by atoms with Gasteiger partial charge in [0.2, 0.25) is 0 Å². The SMILES string of the molecule is CCCCCOc1c(Cl)cc(Cl)cc1CNCCC. The van der Waals surface area contributed by atoms with Crippen molar-refractivity contribution in [2.45, 2.75) is 46.1 Å². The van der Waals surface area contributed by atoms with E-state index in [-0.39, 0.29) is 0 Å². The quantitative estimate of drug-likeness (QED) is 0.644. The first-order valence-electron chi connectivity index (χ1n) is 7.00. The Kier molecular flexibility index (Phi) is 8.27. The Labute approximate surface area is 126 Å². The van der Waals surface area contributed by atoms with Gasteiger partial charge in [0, 0.05) is 17.1 Å². The average molecular weight is 304 g/mol. The van der Waals surface area contributed by atoms with Gasteiger partial charge < -0.3 is 10.1 Å². The van der Waals surface area contributed by atoms with Gasteiger partial charge in [-0.2, -0.15) is 0 Å². The fraction of sp³-hybridized carbons (Fsp3) is 0.600. The van der Waals surface area contributed by atoms with Crippen molar-refractivity contribution in [1.82, 2.24) is 5.32 Å². The highest BCUT2D eigenvalue weighted by Gasteiger charge is 2.10. The summed E-state index contributed by atoms with van der Waals surface area (Å²) < 4.78 is 5.83. The van der Waals surface area contributed by atoms with E-state index in [4.69, 9.17) is 27.9 Å². The summed E-state index contributed by atoms with van der Waals surface area (Å²) in [6.07, 6.45) is 4.51. The molecule has 1 aromatic rings. The summed E-state index contributed by atoms with van der Waals surface area (Å²) in [6, 6.07) is 3.66. The number of halogens is 2. The molecule has 0 aliphatic carbocycles. The maximum Gasteiger partial charge on any atom is 0.142 e. The van der Waals surface area contributed by atoms with Crippen molar-refractivity contribution in [3.8, 4) is 5.75 Å². The molecule has 0 atom stereocenters. The second-order valence-electron chi connectivity index (χ2n) is 4.61. The summed E-state index contributed by atoms with van der Waals surface area (Å²) >= 11 is 12.3. The minimum Gasteiger partial charge on any atom is -0.492 e. The molecule has 0 aliphatic heterocycles. The molecule has 108 valence electrons. The van der Waals surface area contributed by atoms with Gasteiger partial charge >= 0.3 is 0 Å². The van der Waals surface area contributed by atoms with Crippen molar-refractivity contribution in [2.75, 3.05) is 13.2 Å². The van der Waals surface area contributed by atoms with Crippen LogP contribution in [0.1, 0.15) is 45.1 Å². The fourth-order valence-corrected chi connectivity index (χ4v) is 2.42. The first-order valence-corrected chi connectivity index (χ1v) is 7.76. The number of benzene rings is 1. The van der Waals surface area contributed by atoms with Gasteiger partial charge in [-0.1, -0.05) is 49.9 Å². The lowest BCUT2D eigenvalue weighted by atomic mass is 10.2. The molecule has 0 bridgehead atoms. The monoisotopic (exact) mass is 303 g/mol. The van der Waals surface area contributed by atoms with Crippen LogP contribution in [0.2, 0.25) is 10.0 Å². The molecule has 0 aromatic heterocycles. The van der Waals surface area contributed by atoms with Crippen LogP contribution in [0.3, 0.4) is 0 Å². The predicted octanol–water partition coefficient (Wildman–Crippen LogP) is 5.06. The van der Waals surface area contributed by atoms with Crippen LogP contribution in [0.4, 0.5) is 0 Å². The van der Waals surface area contributed by atoms with Gasteiger partial charge in [-0.3, -0.25) is 0 Å². The van der Waals surface area contributed by atoms with Gasteiger partial charge in [0.05, 0.1) is 11.6 Å². The minimum atomic E-state index is 0.595. The van der Waals surface area contributed by atoms with E-state index in [1.807, 2.05) is 6.07 Å². The van der Waals surface area contributed by atoms with Crippen LogP contribution < -0.4 is 10.1 Å². The average Bonchev–Trinajstić information content (AvgIpc) is 2.37. The molecule has 1 aromatic carbocycles. The molecule has 4 heteroatoms. The molecule has 19 heavy (non-hydrogen) atoms. The summed E-state index contributed by atoms with van der Waals surface area (Å²) in [7, 11) is 0. The van der Waals surface area contributed by atoms with Gasteiger partial charge in [0.15, 0.2) is 0 Å². The number of ether oxygens (including phenoxy) is 1. The zero-order chi connectivity index (χ0) is 14.1. The van der Waals surface area contributed by atoms with E-state index >= 15 is 0 Å². The Hall–Kier alpha value is -0.440. The minimum absolute atomic E-state index is 0.595. The number of hydrogen-bond acceptors (Lipinski definition) is 2. The predicted molar refractivity (Wildman–Crippen MR) is 83.5 cm³/mol. The van der Waals surface area contributed by atoms with E-state index in [0.29, 0.717) is 16.7 Å². The van der Waals surface area contributed by atoms with Gasteiger partial charge in [-0.25, -0.2) is 0 Å². The maximum atomic E-state index is 6.22. The molecule has 0 unspecified atom stereocenters. The van der Waals surface area contributed by atoms with Crippen molar-refractivity contribution in [3.63, 3.8) is 0 Å². The van der Waals surface area contributed by atoms with Crippen molar-refractivity contribution >= 4 is 23.2 Å². The molecule has 0 saturated heterocycles. The molecule has 0 spiro atoms. The van der Waals surface area contributed by atoms with Crippen LogP contribution in [0.25, 0.3) is 0 Å². The summed E-state index contributed by atoms with van der Waals surface area (Å²) in [5.74, 6) is 0.769. The van der Waals surface area contributed by atoms with E-state index in [9.17, 15) is 0 Å². The highest BCUT2D eigenvalue weighted by molar-refractivity contribution is 6.35. The normalized spacial score (nSPS) is 10.7. The van der Waals surface area contributed by atoms with Crippen LogP contribution in [0.15, 0.2) is 12.1 Å². The number of rotatable bonds is 9. The van der Waals surface area contributed by atoms with E-state index in [1.54, 1.807) is 6.07 Å². The van der Waals surface area contributed by atoms with Crippen molar-refractivity contribution < 1.29 is 4.74 Å². The second kappa shape index (κ2) is 9.46. The Bertz CT molecular complexity index is 383. The highest BCUT2D eigenvalue weighted by Crippen LogP contribution is 2.32. The topological polar surface area (TPSA) is 21.3 Å². The van der Waals surface area contributed by atoms with Crippen LogP contribution in [-0.4, -0.2) is 13.2 Å². The lowest BCUT2D eigenvalue weighted by molar-refractivity contribution is 0.302. The van der Waals surface area contributed by atoms with Gasteiger partial charge in [-0.05, 0) is 31.5 Å². The standard InChI is InChI=1S/C15H23Cl2NO/c1-3-5-6-8-19-15-12(11-18-7-4-2)9-13(16)10-14(15)17/h9-10,18H,3-8,11H2,1-2H3. The lowest BCUT2D eigenvalue weighted by Gasteiger charge is -2.14. The Morgan fingerprint density at radius 1 is 1.11 bits per heavy atom. The zero-order valence-electron chi connectivity index (χ0n) is 11.8. The first kappa shape index (κ1) is 16.6. The Morgan fingerprint density at radius 2 is 1.89 bits per heavy atom. The second-order valence-corrected chi connectivity index (χ2v) is 5.45. The fourth-order valence-electron chi connectivity index (χ4n) is 1.83. The van der Waals surface area contributed by atoms with Crippen molar-refractivity contribution in [3.05, 3.63) is 27.7 Å². The van der Waals surface area contributed by atoms with Crippen molar-refractivity contribution in [1.29, 1.82) is 0 Å². The molecular formula is C15H23Cl2NO. The number of unbranched alkanes of at least 4 members (excludes halogenated alkanes) is 2. The van der Waals surface area contributed by atoms with Crippen LogP contribution >= 0.6 is 23.2 Å². The Balaban J connectivity index is 2.69. The highest BCUT2D eigenvalue weighted by atomic mass is 35.5. The molecule has 0 heterocycles. The molecule has 2 nitrogen and oxygen atoms in total. The Morgan fingerprint density at radius 3 is 2.58 bits per heavy atom. The number of nitrogens with one attached hydrogen (secondary N) is 1. The zero-order valence-corrected chi connectivity index (χ0v) is 13.3. The maximum absolute atomic E-state index is 6.22. The van der Waals surface area contributed by atoms with Gasteiger partial charge in [0.1, 0.15) is 5.75 Å². The molecule has 0 saturated carbocycles. The van der Waals surface area contributed by atoms with Crippen LogP contribution in [0, 0.1) is 0 Å². The van der Waals surface area contributed by atoms with E-state index in [2.05, 4.69) is 19.2 Å². The van der Waals surface area contributed by atoms with Crippen LogP contribution in [0.5, 0.6) is 5.75 Å². The summed E-state index contributed by atoms with van der Waals surface area (Å²) in [6.45, 7) is 6.72.